The Bertz CT molecular complexity index is 757. The van der Waals surface area contributed by atoms with E-state index in [1.165, 1.54) is 18.0 Å². The van der Waals surface area contributed by atoms with Crippen LogP contribution in [-0.4, -0.2) is 56.9 Å². The van der Waals surface area contributed by atoms with Gasteiger partial charge in [-0.1, -0.05) is 4.98 Å². The van der Waals surface area contributed by atoms with Crippen molar-refractivity contribution in [2.45, 2.75) is 24.3 Å². The summed E-state index contributed by atoms with van der Waals surface area (Å²) in [7, 11) is 1.18. The molecule has 3 heterocycles. The van der Waals surface area contributed by atoms with E-state index in [4.69, 9.17) is 15.2 Å². The molecule has 2 aromatic heterocycles. The molecule has 2 aromatic rings. The minimum atomic E-state index is -1.92. The molecular weight excluding hydrogens is 301 g/mol. The first-order chi connectivity index (χ1) is 10.4. The van der Waals surface area contributed by atoms with Crippen molar-refractivity contribution in [2.24, 2.45) is 0 Å². The fraction of sp³-hybridized carbons (Fsp3) is 0.545. The molecule has 0 saturated carbocycles. The zero-order valence-corrected chi connectivity index (χ0v) is 11.5. The Balaban J connectivity index is 2.11. The van der Waals surface area contributed by atoms with Crippen LogP contribution in [-0.2, 0) is 9.47 Å². The Hall–Kier alpha value is -2.08. The van der Waals surface area contributed by atoms with Crippen LogP contribution < -0.4 is 15.9 Å². The van der Waals surface area contributed by atoms with Crippen molar-refractivity contribution in [3.8, 4) is 0 Å². The van der Waals surface area contributed by atoms with Crippen LogP contribution in [0.2, 0.25) is 0 Å². The van der Waals surface area contributed by atoms with Crippen molar-refractivity contribution in [2.75, 3.05) is 19.5 Å². The third-order valence-electron chi connectivity index (χ3n) is 3.70. The largest absolute Gasteiger partial charge is 0.391 e. The molecule has 0 aromatic carbocycles. The number of nitrogen functional groups attached to an aromatic ring is 1. The second-order valence-corrected chi connectivity index (χ2v) is 4.90. The molecule has 1 aliphatic heterocycles. The van der Waals surface area contributed by atoms with Crippen LogP contribution in [0.4, 0.5) is 10.3 Å². The molecule has 6 N–H and O–H groups in total. The minimum absolute atomic E-state index is 0.0472. The van der Waals surface area contributed by atoms with Crippen molar-refractivity contribution >= 4 is 17.1 Å². The first kappa shape index (κ1) is 14.8. The van der Waals surface area contributed by atoms with Gasteiger partial charge in [0, 0.05) is 7.11 Å². The third kappa shape index (κ3) is 1.90. The van der Waals surface area contributed by atoms with Gasteiger partial charge in [-0.3, -0.25) is 14.8 Å². The van der Waals surface area contributed by atoms with Crippen molar-refractivity contribution in [1.29, 1.82) is 0 Å². The molecule has 10 nitrogen and oxygen atoms in total. The lowest BCUT2D eigenvalue weighted by Gasteiger charge is -2.27. The Morgan fingerprint density at radius 3 is 3.00 bits per heavy atom. The van der Waals surface area contributed by atoms with Crippen molar-refractivity contribution < 1.29 is 28.6 Å². The first-order valence-corrected chi connectivity index (χ1v) is 6.37. The quantitative estimate of drug-likeness (QED) is 0.399. The number of aromatic amines is 2. The Morgan fingerprint density at radius 2 is 2.41 bits per heavy atom. The van der Waals surface area contributed by atoms with E-state index in [0.717, 1.165) is 0 Å². The van der Waals surface area contributed by atoms with E-state index < -0.39 is 36.5 Å². The van der Waals surface area contributed by atoms with Crippen molar-refractivity contribution in [3.63, 3.8) is 0 Å². The number of nitrogens with two attached hydrogens (primary N) is 1. The van der Waals surface area contributed by atoms with Gasteiger partial charge in [0.15, 0.2) is 12.5 Å². The maximum Gasteiger partial charge on any atom is 0.313 e. The Morgan fingerprint density at radius 1 is 1.68 bits per heavy atom. The topological polar surface area (TPSA) is 150 Å². The number of hydrogen-bond donors (Lipinski definition) is 5. The van der Waals surface area contributed by atoms with Crippen molar-refractivity contribution in [3.05, 3.63) is 16.7 Å². The number of alkyl halides is 1. The van der Waals surface area contributed by atoms with E-state index in [1.807, 2.05) is 0 Å². The molecule has 1 aliphatic rings. The van der Waals surface area contributed by atoms with Gasteiger partial charge in [0.25, 0.3) is 11.5 Å². The lowest BCUT2D eigenvalue weighted by molar-refractivity contribution is -0.747. The first-order valence-electron chi connectivity index (χ1n) is 6.37. The van der Waals surface area contributed by atoms with E-state index in [-0.39, 0.29) is 17.1 Å². The molecule has 120 valence electrons. The molecule has 1 saturated heterocycles. The number of halogens is 1. The Kier molecular flexibility index (Phi) is 3.36. The van der Waals surface area contributed by atoms with Gasteiger partial charge in [0.2, 0.25) is 17.5 Å². The molecule has 1 fully saturated rings. The molecule has 0 spiro atoms. The van der Waals surface area contributed by atoms with Gasteiger partial charge in [0.1, 0.15) is 12.7 Å². The van der Waals surface area contributed by atoms with Gasteiger partial charge in [-0.15, -0.1) is 0 Å². The summed E-state index contributed by atoms with van der Waals surface area (Å²) in [4.78, 5) is 20.6. The van der Waals surface area contributed by atoms with Crippen LogP contribution >= 0.6 is 0 Å². The highest BCUT2D eigenvalue weighted by Gasteiger charge is 2.58. The zero-order valence-electron chi connectivity index (χ0n) is 11.5. The maximum atomic E-state index is 14.4. The molecule has 11 heteroatoms. The molecule has 4 atom stereocenters. The minimum Gasteiger partial charge on any atom is -0.391 e. The average Bonchev–Trinajstić information content (AvgIpc) is 3.01. The van der Waals surface area contributed by atoms with Gasteiger partial charge in [-0.2, -0.15) is 0 Å². The molecule has 3 rings (SSSR count). The standard InChI is InChI=1S/C11H14FN5O5/c1-21-11(2-18)6(19)4(12)9(22-11)17-3-14-5-7(17)15-10(13)16-8(5)20/h3-4,6,9,18-19H,2H2,1H3,(H3,13,15,16,20)/p+1. The monoisotopic (exact) mass is 316 g/mol. The second-order valence-electron chi connectivity index (χ2n) is 4.90. The smallest absolute Gasteiger partial charge is 0.313 e. The summed E-state index contributed by atoms with van der Waals surface area (Å²) in [5.41, 5.74) is 5.06. The number of aliphatic hydroxyl groups is 2. The van der Waals surface area contributed by atoms with Crippen LogP contribution in [0.1, 0.15) is 6.23 Å². The number of rotatable bonds is 3. The molecule has 0 bridgehead atoms. The van der Waals surface area contributed by atoms with Gasteiger partial charge >= 0.3 is 5.65 Å². The fourth-order valence-electron chi connectivity index (χ4n) is 2.50. The molecule has 0 aliphatic carbocycles. The summed E-state index contributed by atoms with van der Waals surface area (Å²) >= 11 is 0. The number of imidazole rings is 1. The van der Waals surface area contributed by atoms with E-state index in [1.54, 1.807) is 0 Å². The normalized spacial score (nSPS) is 31.9. The lowest BCUT2D eigenvalue weighted by Crippen LogP contribution is -2.47. The maximum absolute atomic E-state index is 14.4. The zero-order chi connectivity index (χ0) is 16.1. The van der Waals surface area contributed by atoms with Gasteiger partial charge in [-0.05, 0) is 0 Å². The number of aliphatic hydroxyl groups excluding tert-OH is 2. The molecular formula is C11H15FN5O5+. The van der Waals surface area contributed by atoms with Crippen LogP contribution in [0, 0.1) is 0 Å². The SMILES string of the molecule is COC1(CO)OC([n+]2c[nH]c3c(=O)[nH]c(N)nc32)C(F)C1O. The summed E-state index contributed by atoms with van der Waals surface area (Å²) < 4.78 is 25.8. The number of nitrogens with one attached hydrogen (secondary N) is 2. The molecule has 0 radical (unpaired) electrons. The fourth-order valence-corrected chi connectivity index (χ4v) is 2.50. The summed E-state index contributed by atoms with van der Waals surface area (Å²) in [5.74, 6) is -2.05. The predicted molar refractivity (Wildman–Crippen MR) is 69.2 cm³/mol. The van der Waals surface area contributed by atoms with Gasteiger partial charge in [0.05, 0.1) is 0 Å². The highest BCUT2D eigenvalue weighted by atomic mass is 19.1. The summed E-state index contributed by atoms with van der Waals surface area (Å²) in [6, 6.07) is 0. The summed E-state index contributed by atoms with van der Waals surface area (Å²) in [6.07, 6.45) is -3.73. The average molecular weight is 316 g/mol. The molecule has 0 amide bonds. The third-order valence-corrected chi connectivity index (χ3v) is 3.70. The predicted octanol–water partition coefficient (Wildman–Crippen LogP) is -2.32. The lowest BCUT2D eigenvalue weighted by atomic mass is 10.1. The van der Waals surface area contributed by atoms with E-state index in [9.17, 15) is 19.4 Å². The van der Waals surface area contributed by atoms with Crippen LogP contribution in [0.5, 0.6) is 0 Å². The van der Waals surface area contributed by atoms with Crippen LogP contribution in [0.3, 0.4) is 0 Å². The number of ether oxygens (including phenoxy) is 2. The van der Waals surface area contributed by atoms with Crippen molar-refractivity contribution in [1.82, 2.24) is 15.0 Å². The second kappa shape index (κ2) is 4.98. The van der Waals surface area contributed by atoms with Crippen LogP contribution in [0.25, 0.3) is 11.2 Å². The van der Waals surface area contributed by atoms with Crippen LogP contribution in [0.15, 0.2) is 11.1 Å². The number of hydrogen-bond acceptors (Lipinski definition) is 7. The highest BCUT2D eigenvalue weighted by molar-refractivity contribution is 5.65. The van der Waals surface area contributed by atoms with E-state index in [0.29, 0.717) is 0 Å². The van der Waals surface area contributed by atoms with Gasteiger partial charge in [-0.25, -0.2) is 8.96 Å². The number of anilines is 1. The Labute approximate surface area is 122 Å². The molecule has 22 heavy (non-hydrogen) atoms. The van der Waals surface area contributed by atoms with Gasteiger partial charge < -0.3 is 25.4 Å². The highest BCUT2D eigenvalue weighted by Crippen LogP contribution is 2.37. The van der Waals surface area contributed by atoms with E-state index in [2.05, 4.69) is 15.0 Å². The number of fused-ring (bicyclic) bond motifs is 1. The number of H-pyrrole nitrogens is 2. The van der Waals surface area contributed by atoms with E-state index >= 15 is 0 Å². The number of nitrogens with zero attached hydrogens (tertiary/aromatic N) is 2. The molecule has 4 unspecified atom stereocenters. The summed E-state index contributed by atoms with van der Waals surface area (Å²) in [6.45, 7) is -0.749. The number of methoxy groups -OCH3 is 1. The number of aromatic nitrogens is 4. The summed E-state index contributed by atoms with van der Waals surface area (Å²) in [5, 5.41) is 19.3.